The molecule has 0 bridgehead atoms. The van der Waals surface area contributed by atoms with Crippen LogP contribution in [-0.2, 0) is 17.6 Å². The Morgan fingerprint density at radius 2 is 2.16 bits per heavy atom. The predicted octanol–water partition coefficient (Wildman–Crippen LogP) is 4.12. The number of benzene rings is 1. The van der Waals surface area contributed by atoms with Crippen LogP contribution in [0.1, 0.15) is 30.7 Å². The van der Waals surface area contributed by atoms with Crippen LogP contribution in [0.2, 0.25) is 0 Å². The van der Waals surface area contributed by atoms with E-state index in [1.165, 1.54) is 16.6 Å². The lowest BCUT2D eigenvalue weighted by atomic mass is 10.2. The molecule has 1 aliphatic rings. The van der Waals surface area contributed by atoms with Crippen molar-refractivity contribution in [1.29, 1.82) is 0 Å². The minimum absolute atomic E-state index is 0.0743. The largest absolute Gasteiger partial charge is 0.494 e. The van der Waals surface area contributed by atoms with Crippen LogP contribution in [-0.4, -0.2) is 33.9 Å². The van der Waals surface area contributed by atoms with Crippen molar-refractivity contribution < 1.29 is 9.53 Å². The van der Waals surface area contributed by atoms with Gasteiger partial charge < -0.3 is 10.1 Å². The van der Waals surface area contributed by atoms with Gasteiger partial charge in [-0.3, -0.25) is 14.2 Å². The van der Waals surface area contributed by atoms with E-state index in [0.29, 0.717) is 24.0 Å². The molecular formula is C23H25N3O3S2. The Hall–Kier alpha value is -2.58. The van der Waals surface area contributed by atoms with Gasteiger partial charge in [-0.1, -0.05) is 17.8 Å². The molecule has 162 valence electrons. The summed E-state index contributed by atoms with van der Waals surface area (Å²) < 4.78 is 7.17. The first-order valence-electron chi connectivity index (χ1n) is 10.4. The molecule has 1 N–H and O–H groups in total. The molecule has 0 saturated carbocycles. The van der Waals surface area contributed by atoms with Crippen molar-refractivity contribution in [3.63, 3.8) is 0 Å². The zero-order valence-corrected chi connectivity index (χ0v) is 19.3. The van der Waals surface area contributed by atoms with Crippen LogP contribution in [0.15, 0.2) is 46.9 Å². The average Bonchev–Trinajstić information content (AvgIpc) is 3.34. The number of thiophene rings is 1. The Bertz CT molecular complexity index is 1180. The van der Waals surface area contributed by atoms with Gasteiger partial charge >= 0.3 is 0 Å². The van der Waals surface area contributed by atoms with Gasteiger partial charge in [-0.25, -0.2) is 4.98 Å². The fraction of sp³-hybridized carbons (Fsp3) is 0.348. The van der Waals surface area contributed by atoms with Crippen LogP contribution in [0.3, 0.4) is 0 Å². The van der Waals surface area contributed by atoms with Crippen molar-refractivity contribution in [1.82, 2.24) is 14.9 Å². The summed E-state index contributed by atoms with van der Waals surface area (Å²) in [4.78, 5) is 33.0. The van der Waals surface area contributed by atoms with E-state index in [0.717, 1.165) is 40.8 Å². The standard InChI is InChI=1S/C23H25N3O3S2/c1-4-13-24-20(27)14(3)30-23-25-21-19(17-7-6-8-18(17)31-21)22(28)26(23)15-9-11-16(12-10-15)29-5-2/h4,9-12,14H,1,5-8,13H2,2-3H3,(H,24,27). The van der Waals surface area contributed by atoms with E-state index in [1.54, 1.807) is 22.0 Å². The number of aromatic nitrogens is 2. The van der Waals surface area contributed by atoms with Gasteiger partial charge in [0.25, 0.3) is 5.56 Å². The minimum atomic E-state index is -0.412. The third-order valence-corrected chi connectivity index (χ3v) is 7.42. The van der Waals surface area contributed by atoms with Gasteiger partial charge in [0.05, 0.1) is 22.9 Å². The third-order valence-electron chi connectivity index (χ3n) is 5.19. The number of carbonyl (C=O) groups is 1. The molecule has 31 heavy (non-hydrogen) atoms. The molecular weight excluding hydrogens is 430 g/mol. The maximum atomic E-state index is 13.7. The number of nitrogens with one attached hydrogen (secondary N) is 1. The molecule has 2 aromatic heterocycles. The van der Waals surface area contributed by atoms with Gasteiger partial charge in [0.2, 0.25) is 5.91 Å². The second-order valence-corrected chi connectivity index (χ2v) is 9.68. The molecule has 1 aliphatic carbocycles. The Morgan fingerprint density at radius 3 is 2.87 bits per heavy atom. The second kappa shape index (κ2) is 9.28. The first-order chi connectivity index (χ1) is 15.0. The van der Waals surface area contributed by atoms with Crippen molar-refractivity contribution in [3.8, 4) is 11.4 Å². The molecule has 0 aliphatic heterocycles. The average molecular weight is 456 g/mol. The lowest BCUT2D eigenvalue weighted by molar-refractivity contribution is -0.120. The SMILES string of the molecule is C=CCNC(=O)C(C)Sc1nc2sc3c(c2c(=O)n1-c1ccc(OCC)cc1)CCC3. The summed E-state index contributed by atoms with van der Waals surface area (Å²) in [5.74, 6) is 0.627. The highest BCUT2D eigenvalue weighted by atomic mass is 32.2. The first-order valence-corrected chi connectivity index (χ1v) is 12.1. The van der Waals surface area contributed by atoms with E-state index >= 15 is 0 Å². The Labute approximate surface area is 189 Å². The highest BCUT2D eigenvalue weighted by Crippen LogP contribution is 2.36. The predicted molar refractivity (Wildman–Crippen MR) is 127 cm³/mol. The van der Waals surface area contributed by atoms with Gasteiger partial charge in [-0.05, 0) is 62.9 Å². The van der Waals surface area contributed by atoms with Crippen LogP contribution in [0.5, 0.6) is 5.75 Å². The summed E-state index contributed by atoms with van der Waals surface area (Å²) >= 11 is 2.89. The van der Waals surface area contributed by atoms with Crippen molar-refractivity contribution in [2.45, 2.75) is 43.5 Å². The molecule has 1 amide bonds. The normalized spacial score (nSPS) is 13.7. The number of nitrogens with zero attached hydrogens (tertiary/aromatic N) is 2. The second-order valence-electron chi connectivity index (χ2n) is 7.29. The maximum absolute atomic E-state index is 13.7. The number of hydrogen-bond donors (Lipinski definition) is 1. The van der Waals surface area contributed by atoms with Crippen LogP contribution in [0, 0.1) is 0 Å². The molecule has 0 saturated heterocycles. The molecule has 3 aromatic rings. The van der Waals surface area contributed by atoms with E-state index in [1.807, 2.05) is 38.1 Å². The van der Waals surface area contributed by atoms with Gasteiger partial charge in [0.1, 0.15) is 10.6 Å². The monoisotopic (exact) mass is 455 g/mol. The molecule has 1 atom stereocenters. The number of ether oxygens (including phenoxy) is 1. The van der Waals surface area contributed by atoms with E-state index in [-0.39, 0.29) is 11.5 Å². The molecule has 4 rings (SSSR count). The summed E-state index contributed by atoms with van der Waals surface area (Å²) in [6.07, 6.45) is 4.64. The number of thioether (sulfide) groups is 1. The fourth-order valence-electron chi connectivity index (χ4n) is 3.72. The molecule has 2 heterocycles. The topological polar surface area (TPSA) is 73.2 Å². The fourth-order valence-corrected chi connectivity index (χ4v) is 5.97. The van der Waals surface area contributed by atoms with Crippen molar-refractivity contribution in [2.24, 2.45) is 0 Å². The number of fused-ring (bicyclic) bond motifs is 3. The highest BCUT2D eigenvalue weighted by Gasteiger charge is 2.25. The summed E-state index contributed by atoms with van der Waals surface area (Å²) in [6, 6.07) is 7.42. The summed E-state index contributed by atoms with van der Waals surface area (Å²) in [5.41, 5.74) is 1.78. The smallest absolute Gasteiger partial charge is 0.267 e. The van der Waals surface area contributed by atoms with Crippen molar-refractivity contribution >= 4 is 39.2 Å². The maximum Gasteiger partial charge on any atom is 0.267 e. The first kappa shape index (κ1) is 21.6. The Balaban J connectivity index is 1.81. The van der Waals surface area contributed by atoms with Crippen LogP contribution >= 0.6 is 23.1 Å². The van der Waals surface area contributed by atoms with E-state index in [9.17, 15) is 9.59 Å². The quantitative estimate of drug-likeness (QED) is 0.314. The van der Waals surface area contributed by atoms with Gasteiger partial charge in [0.15, 0.2) is 5.16 Å². The molecule has 0 radical (unpaired) electrons. The van der Waals surface area contributed by atoms with Gasteiger partial charge in [-0.15, -0.1) is 17.9 Å². The highest BCUT2D eigenvalue weighted by molar-refractivity contribution is 8.00. The minimum Gasteiger partial charge on any atom is -0.494 e. The summed E-state index contributed by atoms with van der Waals surface area (Å²) in [5, 5.41) is 3.64. The number of aryl methyl sites for hydroxylation is 2. The van der Waals surface area contributed by atoms with Crippen LogP contribution in [0.4, 0.5) is 0 Å². The van der Waals surface area contributed by atoms with Crippen LogP contribution < -0.4 is 15.6 Å². The third kappa shape index (κ3) is 4.27. The molecule has 0 spiro atoms. The molecule has 1 aromatic carbocycles. The van der Waals surface area contributed by atoms with Crippen molar-refractivity contribution in [2.75, 3.05) is 13.2 Å². The summed E-state index contributed by atoms with van der Waals surface area (Å²) in [6.45, 7) is 8.36. The molecule has 8 heteroatoms. The number of hydrogen-bond acceptors (Lipinski definition) is 6. The van der Waals surface area contributed by atoms with Gasteiger partial charge in [-0.2, -0.15) is 0 Å². The molecule has 0 fully saturated rings. The lowest BCUT2D eigenvalue weighted by Gasteiger charge is -2.16. The zero-order chi connectivity index (χ0) is 22.0. The van der Waals surface area contributed by atoms with E-state index in [2.05, 4.69) is 11.9 Å². The van der Waals surface area contributed by atoms with E-state index in [4.69, 9.17) is 9.72 Å². The lowest BCUT2D eigenvalue weighted by Crippen LogP contribution is -2.32. The number of rotatable bonds is 8. The Morgan fingerprint density at radius 1 is 1.39 bits per heavy atom. The molecule has 1 unspecified atom stereocenters. The Kier molecular flexibility index (Phi) is 6.48. The summed E-state index contributed by atoms with van der Waals surface area (Å²) in [7, 11) is 0. The number of carbonyl (C=O) groups excluding carboxylic acids is 1. The molecule has 6 nitrogen and oxygen atoms in total. The zero-order valence-electron chi connectivity index (χ0n) is 17.6. The van der Waals surface area contributed by atoms with E-state index < -0.39 is 5.25 Å². The van der Waals surface area contributed by atoms with Crippen molar-refractivity contribution in [3.05, 3.63) is 57.7 Å². The number of amides is 1. The van der Waals surface area contributed by atoms with Crippen LogP contribution in [0.25, 0.3) is 15.9 Å². The van der Waals surface area contributed by atoms with Gasteiger partial charge in [0, 0.05) is 11.4 Å².